The smallest absolute Gasteiger partial charge is 0.274 e. The highest BCUT2D eigenvalue weighted by Crippen LogP contribution is 2.70. The van der Waals surface area contributed by atoms with E-state index >= 15 is 0 Å². The second-order valence-electron chi connectivity index (χ2n) is 10.9. The number of amides is 1. The van der Waals surface area contributed by atoms with Crippen LogP contribution in [0.1, 0.15) is 67.2 Å². The van der Waals surface area contributed by atoms with E-state index in [4.69, 9.17) is 4.78 Å². The van der Waals surface area contributed by atoms with Crippen LogP contribution in [-0.4, -0.2) is 37.7 Å². The number of alkyl halides is 5. The first kappa shape index (κ1) is 24.2. The molecule has 0 unspecified atom stereocenters. The Bertz CT molecular complexity index is 1310. The summed E-state index contributed by atoms with van der Waals surface area (Å²) in [5, 5.41) is 6.82. The van der Waals surface area contributed by atoms with Crippen molar-refractivity contribution in [1.82, 2.24) is 9.78 Å². The molecule has 1 atom stereocenters. The van der Waals surface area contributed by atoms with Crippen LogP contribution in [0.5, 0.6) is 0 Å². The summed E-state index contributed by atoms with van der Waals surface area (Å²) in [5.41, 5.74) is -4.16. The van der Waals surface area contributed by atoms with Gasteiger partial charge in [-0.3, -0.25) is 9.48 Å². The number of carbonyl (C=O) groups is 1. The fourth-order valence-electron chi connectivity index (χ4n) is 6.02. The second-order valence-corrected chi connectivity index (χ2v) is 13.0. The molecule has 0 radical (unpaired) electrons. The standard InChI is InChI=1S/C23H25F5N4O2S/c1-20(7-23(27,28)8-20)12-32-16(19(33)30-13-4-3-5-14(6-13)35(2,29)34)15(18(24)25)17(31-32)21-9-22(26,10-21)11-21/h3-6,18,29H,7-12H2,1-2H3,(H,30,33)/t21?,22?,35-/m1/s1. The molecule has 35 heavy (non-hydrogen) atoms. The van der Waals surface area contributed by atoms with Crippen LogP contribution >= 0.6 is 0 Å². The van der Waals surface area contributed by atoms with E-state index in [0.717, 1.165) is 4.68 Å². The van der Waals surface area contributed by atoms with Gasteiger partial charge in [0.1, 0.15) is 11.4 Å². The third kappa shape index (κ3) is 4.03. The lowest BCUT2D eigenvalue weighted by atomic mass is 9.41. The fourth-order valence-corrected chi connectivity index (χ4v) is 6.71. The van der Waals surface area contributed by atoms with Crippen LogP contribution < -0.4 is 5.32 Å². The maximum atomic E-state index is 14.4. The van der Waals surface area contributed by atoms with Crippen molar-refractivity contribution in [2.45, 2.75) is 73.9 Å². The summed E-state index contributed by atoms with van der Waals surface area (Å²) < 4.78 is 91.1. The topological polar surface area (TPSA) is 87.8 Å². The Morgan fingerprint density at radius 3 is 2.34 bits per heavy atom. The molecule has 6 rings (SSSR count). The van der Waals surface area contributed by atoms with Crippen molar-refractivity contribution >= 4 is 21.3 Å². The average molecular weight is 517 g/mol. The van der Waals surface area contributed by atoms with Crippen LogP contribution in [0.3, 0.4) is 0 Å². The zero-order valence-corrected chi connectivity index (χ0v) is 20.0. The summed E-state index contributed by atoms with van der Waals surface area (Å²) >= 11 is 0. The molecule has 4 aliphatic rings. The first-order valence-electron chi connectivity index (χ1n) is 11.2. The first-order valence-corrected chi connectivity index (χ1v) is 13.1. The molecule has 2 bridgehead atoms. The van der Waals surface area contributed by atoms with E-state index in [0.29, 0.717) is 0 Å². The number of benzene rings is 1. The molecule has 4 aliphatic carbocycles. The summed E-state index contributed by atoms with van der Waals surface area (Å²) in [5.74, 6) is -3.79. The van der Waals surface area contributed by atoms with Gasteiger partial charge in [0.2, 0.25) is 5.92 Å². The minimum Gasteiger partial charge on any atom is -0.321 e. The van der Waals surface area contributed by atoms with E-state index in [2.05, 4.69) is 10.4 Å². The molecule has 1 amide bonds. The van der Waals surface area contributed by atoms with Gasteiger partial charge in [-0.1, -0.05) is 13.0 Å². The van der Waals surface area contributed by atoms with Crippen LogP contribution in [0.15, 0.2) is 29.2 Å². The van der Waals surface area contributed by atoms with Crippen molar-refractivity contribution in [3.05, 3.63) is 41.2 Å². The van der Waals surface area contributed by atoms with Gasteiger partial charge in [0.15, 0.2) is 0 Å². The second kappa shape index (κ2) is 7.27. The molecule has 0 spiro atoms. The largest absolute Gasteiger partial charge is 0.321 e. The van der Waals surface area contributed by atoms with E-state index in [1.54, 1.807) is 6.92 Å². The molecule has 0 saturated heterocycles. The number of hydrogen-bond donors (Lipinski definition) is 2. The molecule has 1 aromatic heterocycles. The number of nitrogens with one attached hydrogen (secondary N) is 2. The molecule has 4 fully saturated rings. The van der Waals surface area contributed by atoms with E-state index in [1.807, 2.05) is 0 Å². The van der Waals surface area contributed by atoms with Crippen LogP contribution in [0.4, 0.5) is 27.6 Å². The number of rotatable bonds is 7. The summed E-state index contributed by atoms with van der Waals surface area (Å²) in [7, 11) is -3.09. The normalized spacial score (nSPS) is 29.5. The number of carbonyl (C=O) groups excluding carboxylic acids is 1. The summed E-state index contributed by atoms with van der Waals surface area (Å²) in [6.07, 6.45) is -2.67. The highest BCUT2D eigenvalue weighted by atomic mass is 32.2. The van der Waals surface area contributed by atoms with E-state index < -0.39 is 68.6 Å². The van der Waals surface area contributed by atoms with E-state index in [-0.39, 0.29) is 42.1 Å². The number of anilines is 1. The molecule has 6 nitrogen and oxygen atoms in total. The zero-order valence-electron chi connectivity index (χ0n) is 19.1. The van der Waals surface area contributed by atoms with Gasteiger partial charge in [-0.25, -0.2) is 30.9 Å². The Balaban J connectivity index is 1.54. The van der Waals surface area contributed by atoms with Crippen molar-refractivity contribution in [2.75, 3.05) is 11.6 Å². The van der Waals surface area contributed by atoms with Gasteiger partial charge in [-0.2, -0.15) is 5.10 Å². The number of nitrogens with zero attached hydrogens (tertiary/aromatic N) is 2. The summed E-state index contributed by atoms with van der Waals surface area (Å²) in [6, 6.07) is 5.70. The Morgan fingerprint density at radius 2 is 1.83 bits per heavy atom. The third-order valence-corrected chi connectivity index (χ3v) is 8.49. The Hall–Kier alpha value is -2.50. The fraction of sp³-hybridized carbons (Fsp3) is 0.565. The van der Waals surface area contributed by atoms with Gasteiger partial charge in [-0.15, -0.1) is 0 Å². The van der Waals surface area contributed by atoms with Gasteiger partial charge in [0.05, 0.1) is 21.0 Å². The highest BCUT2D eigenvalue weighted by Gasteiger charge is 2.71. The van der Waals surface area contributed by atoms with E-state index in [9.17, 15) is 31.0 Å². The maximum Gasteiger partial charge on any atom is 0.274 e. The molecule has 190 valence electrons. The lowest BCUT2D eigenvalue weighted by Crippen LogP contribution is -2.67. The average Bonchev–Trinajstić information content (AvgIpc) is 3.01. The minimum absolute atomic E-state index is 0.0386. The van der Waals surface area contributed by atoms with E-state index in [1.165, 1.54) is 30.5 Å². The molecule has 4 saturated carbocycles. The predicted octanol–water partition coefficient (Wildman–Crippen LogP) is 5.69. The Morgan fingerprint density at radius 1 is 1.20 bits per heavy atom. The zero-order chi connectivity index (χ0) is 25.6. The van der Waals surface area contributed by atoms with Crippen molar-refractivity contribution in [3.8, 4) is 0 Å². The minimum atomic E-state index is -3.09. The van der Waals surface area contributed by atoms with Crippen molar-refractivity contribution in [2.24, 2.45) is 5.41 Å². The van der Waals surface area contributed by atoms with Gasteiger partial charge in [0, 0.05) is 41.6 Å². The Labute approximate surface area is 199 Å². The van der Waals surface area contributed by atoms with Crippen LogP contribution in [-0.2, 0) is 21.7 Å². The predicted molar refractivity (Wildman–Crippen MR) is 118 cm³/mol. The molecule has 2 N–H and O–H groups in total. The van der Waals surface area contributed by atoms with Crippen LogP contribution in [0.25, 0.3) is 0 Å². The maximum absolute atomic E-state index is 14.4. The number of hydrogen-bond acceptors (Lipinski definition) is 4. The quantitative estimate of drug-likeness (QED) is 0.464. The lowest BCUT2D eigenvalue weighted by molar-refractivity contribution is -0.164. The van der Waals surface area contributed by atoms with Crippen molar-refractivity contribution in [3.63, 3.8) is 0 Å². The van der Waals surface area contributed by atoms with Crippen LogP contribution in [0, 0.1) is 10.2 Å². The lowest BCUT2D eigenvalue weighted by Gasteiger charge is -2.65. The number of halogens is 5. The van der Waals surface area contributed by atoms with Crippen LogP contribution in [0.2, 0.25) is 0 Å². The molecule has 1 heterocycles. The molecule has 1 aromatic carbocycles. The first-order chi connectivity index (χ1) is 16.0. The van der Waals surface area contributed by atoms with Gasteiger partial charge in [-0.05, 0) is 42.9 Å². The van der Waals surface area contributed by atoms with Gasteiger partial charge < -0.3 is 5.32 Å². The molecule has 2 aromatic rings. The monoisotopic (exact) mass is 516 g/mol. The summed E-state index contributed by atoms with van der Waals surface area (Å²) in [4.78, 5) is 13.5. The van der Waals surface area contributed by atoms with Gasteiger partial charge >= 0.3 is 0 Å². The number of aromatic nitrogens is 2. The van der Waals surface area contributed by atoms with Gasteiger partial charge in [0.25, 0.3) is 12.3 Å². The third-order valence-electron chi connectivity index (χ3n) is 7.33. The van der Waals surface area contributed by atoms with Crippen molar-refractivity contribution in [1.29, 1.82) is 4.78 Å². The molecular weight excluding hydrogens is 491 g/mol. The SMILES string of the molecule is CC1(Cn2nc(C34CC(F)(C3)C4)c(C(F)F)c2C(=O)Nc2cccc([S@](C)(=N)=O)c2)CC(F)(F)C1. The molecular formula is C23H25F5N4O2S. The molecule has 0 aliphatic heterocycles. The van der Waals surface area contributed by atoms with Crippen molar-refractivity contribution < 1.29 is 31.0 Å². The highest BCUT2D eigenvalue weighted by molar-refractivity contribution is 7.91. The molecule has 12 heteroatoms. The Kier molecular flexibility index (Phi) is 5.03. The summed E-state index contributed by atoms with van der Waals surface area (Å²) in [6.45, 7) is 1.42.